The maximum absolute atomic E-state index is 13.5. The summed E-state index contributed by atoms with van der Waals surface area (Å²) < 4.78 is 80.5. The number of halogens is 6. The van der Waals surface area contributed by atoms with Gasteiger partial charge in [0.05, 0.1) is 0 Å². The minimum Gasteiger partial charge on any atom is -0.358 e. The van der Waals surface area contributed by atoms with Crippen molar-refractivity contribution in [2.45, 2.75) is 52.1 Å². The molecular formula is C21H22F6N8OS. The van der Waals surface area contributed by atoms with E-state index in [2.05, 4.69) is 25.0 Å². The van der Waals surface area contributed by atoms with Crippen LogP contribution in [0.15, 0.2) is 12.4 Å². The molecule has 0 radical (unpaired) electrons. The molecule has 0 saturated carbocycles. The van der Waals surface area contributed by atoms with Crippen LogP contribution in [0.2, 0.25) is 0 Å². The number of carbonyl (C=O) groups excluding carboxylic acids is 1. The third-order valence-electron chi connectivity index (χ3n) is 5.72. The molecule has 1 fully saturated rings. The van der Waals surface area contributed by atoms with Crippen molar-refractivity contribution >= 4 is 22.2 Å². The van der Waals surface area contributed by atoms with E-state index in [-0.39, 0.29) is 54.4 Å². The lowest BCUT2D eigenvalue weighted by atomic mass is 10.1. The molecular weight excluding hydrogens is 526 g/mol. The van der Waals surface area contributed by atoms with E-state index in [9.17, 15) is 31.1 Å². The van der Waals surface area contributed by atoms with Gasteiger partial charge in [-0.15, -0.1) is 0 Å². The molecule has 0 aromatic carbocycles. The van der Waals surface area contributed by atoms with E-state index in [1.807, 2.05) is 6.92 Å². The molecule has 4 rings (SSSR count). The highest BCUT2D eigenvalue weighted by molar-refractivity contribution is 7.16. The maximum Gasteiger partial charge on any atom is 0.451 e. The van der Waals surface area contributed by atoms with E-state index in [1.54, 1.807) is 23.6 Å². The van der Waals surface area contributed by atoms with E-state index < -0.39 is 23.2 Å². The normalized spacial score (nSPS) is 16.9. The quantitative estimate of drug-likeness (QED) is 0.448. The molecule has 200 valence electrons. The van der Waals surface area contributed by atoms with Gasteiger partial charge in [0, 0.05) is 50.1 Å². The topological polar surface area (TPSA) is 92.9 Å². The van der Waals surface area contributed by atoms with Gasteiger partial charge in [0.2, 0.25) is 16.7 Å². The molecule has 1 aliphatic heterocycles. The molecule has 3 aromatic heterocycles. The highest BCUT2D eigenvalue weighted by Gasteiger charge is 2.39. The van der Waals surface area contributed by atoms with Crippen molar-refractivity contribution < 1.29 is 31.1 Å². The Kier molecular flexibility index (Phi) is 7.14. The van der Waals surface area contributed by atoms with E-state index in [0.29, 0.717) is 29.4 Å². The predicted molar refractivity (Wildman–Crippen MR) is 121 cm³/mol. The van der Waals surface area contributed by atoms with Crippen molar-refractivity contribution in [3.05, 3.63) is 34.9 Å². The molecule has 1 aliphatic rings. The first-order valence-corrected chi connectivity index (χ1v) is 12.0. The number of aromatic nitrogens is 6. The van der Waals surface area contributed by atoms with Gasteiger partial charge >= 0.3 is 12.4 Å². The Balaban J connectivity index is 1.57. The van der Waals surface area contributed by atoms with Crippen molar-refractivity contribution in [2.24, 2.45) is 0 Å². The molecule has 0 spiro atoms. The Morgan fingerprint density at radius 1 is 1.08 bits per heavy atom. The maximum atomic E-state index is 13.5. The molecule has 0 bridgehead atoms. The van der Waals surface area contributed by atoms with Gasteiger partial charge < -0.3 is 9.80 Å². The number of carbonyl (C=O) groups is 1. The second-order valence-corrected chi connectivity index (χ2v) is 9.41. The van der Waals surface area contributed by atoms with Crippen LogP contribution in [-0.4, -0.2) is 66.2 Å². The molecule has 1 amide bonds. The van der Waals surface area contributed by atoms with E-state index in [0.717, 1.165) is 12.4 Å². The van der Waals surface area contributed by atoms with Crippen molar-refractivity contribution in [3.8, 4) is 11.3 Å². The number of rotatable bonds is 5. The summed E-state index contributed by atoms with van der Waals surface area (Å²) in [6, 6.07) is -0.371. The van der Waals surface area contributed by atoms with Gasteiger partial charge in [-0.2, -0.15) is 31.4 Å². The van der Waals surface area contributed by atoms with Gasteiger partial charge in [0.1, 0.15) is 28.9 Å². The summed E-state index contributed by atoms with van der Waals surface area (Å²) in [5, 5.41) is 3.23. The van der Waals surface area contributed by atoms with Gasteiger partial charge in [-0.3, -0.25) is 4.79 Å². The number of aryl methyl sites for hydroxylation is 2. The standard InChI is InChI=1S/C21H22F6N8OS/c1-4-14-30-12(3)32-35(14)10-15(36)34-6-5-33(9-11(34)2)17-16(31-19(37-17)21(25,26)27)13-7-28-18(29-8-13)20(22,23)24/h7-8,11H,4-6,9-10H2,1-3H3. The predicted octanol–water partition coefficient (Wildman–Crippen LogP) is 3.84. The molecule has 37 heavy (non-hydrogen) atoms. The minimum absolute atomic E-state index is 0.0126. The zero-order chi connectivity index (χ0) is 27.1. The average Bonchev–Trinajstić information content (AvgIpc) is 3.42. The Morgan fingerprint density at radius 3 is 2.32 bits per heavy atom. The van der Waals surface area contributed by atoms with Crippen LogP contribution >= 0.6 is 11.3 Å². The number of alkyl halides is 6. The van der Waals surface area contributed by atoms with Crippen molar-refractivity contribution in [2.75, 3.05) is 24.5 Å². The molecule has 0 N–H and O–H groups in total. The number of piperazine rings is 1. The van der Waals surface area contributed by atoms with Crippen LogP contribution in [0.1, 0.15) is 36.3 Å². The van der Waals surface area contributed by atoms with Crippen LogP contribution in [0.5, 0.6) is 0 Å². The van der Waals surface area contributed by atoms with Gasteiger partial charge in [-0.25, -0.2) is 24.6 Å². The molecule has 3 aromatic rings. The zero-order valence-corrected chi connectivity index (χ0v) is 20.7. The number of anilines is 1. The van der Waals surface area contributed by atoms with Crippen LogP contribution in [0.3, 0.4) is 0 Å². The molecule has 1 saturated heterocycles. The fraction of sp³-hybridized carbons (Fsp3) is 0.524. The van der Waals surface area contributed by atoms with E-state index in [1.165, 1.54) is 4.68 Å². The molecule has 0 aliphatic carbocycles. The molecule has 9 nitrogen and oxygen atoms in total. The van der Waals surface area contributed by atoms with Gasteiger partial charge in [0.15, 0.2) is 0 Å². The number of hydrogen-bond donors (Lipinski definition) is 0. The van der Waals surface area contributed by atoms with Gasteiger partial charge in [-0.1, -0.05) is 18.3 Å². The minimum atomic E-state index is -4.79. The largest absolute Gasteiger partial charge is 0.451 e. The first kappa shape index (κ1) is 26.8. The summed E-state index contributed by atoms with van der Waals surface area (Å²) in [5.41, 5.74) is -0.238. The third-order valence-corrected chi connectivity index (χ3v) is 6.88. The molecule has 1 atom stereocenters. The Bertz CT molecular complexity index is 1270. The smallest absolute Gasteiger partial charge is 0.358 e. The zero-order valence-electron chi connectivity index (χ0n) is 19.9. The lowest BCUT2D eigenvalue weighted by molar-refractivity contribution is -0.145. The highest BCUT2D eigenvalue weighted by Crippen LogP contribution is 2.43. The first-order valence-electron chi connectivity index (χ1n) is 11.2. The van der Waals surface area contributed by atoms with Crippen LogP contribution in [0.4, 0.5) is 31.3 Å². The average molecular weight is 549 g/mol. The Hall–Kier alpha value is -3.30. The van der Waals surface area contributed by atoms with Crippen LogP contribution in [0.25, 0.3) is 11.3 Å². The van der Waals surface area contributed by atoms with Crippen LogP contribution < -0.4 is 4.90 Å². The fourth-order valence-electron chi connectivity index (χ4n) is 4.05. The second-order valence-electron chi connectivity index (χ2n) is 8.43. The van der Waals surface area contributed by atoms with Crippen molar-refractivity contribution in [1.29, 1.82) is 0 Å². The summed E-state index contributed by atoms with van der Waals surface area (Å²) in [5.74, 6) is -0.389. The monoisotopic (exact) mass is 548 g/mol. The summed E-state index contributed by atoms with van der Waals surface area (Å²) in [7, 11) is 0. The fourth-order valence-corrected chi connectivity index (χ4v) is 5.04. The Labute approximate surface area is 211 Å². The summed E-state index contributed by atoms with van der Waals surface area (Å²) in [6.45, 7) is 5.99. The number of hydrogen-bond acceptors (Lipinski definition) is 8. The SMILES string of the molecule is CCc1nc(C)nn1CC(=O)N1CCN(c2sc(C(F)(F)F)nc2-c2cnc(C(F)(F)F)nc2)CC1C. The second kappa shape index (κ2) is 9.87. The number of amides is 1. The first-order chi connectivity index (χ1) is 17.3. The van der Waals surface area contributed by atoms with Crippen LogP contribution in [-0.2, 0) is 30.1 Å². The summed E-state index contributed by atoms with van der Waals surface area (Å²) in [4.78, 5) is 30.7. The molecule has 4 heterocycles. The van der Waals surface area contributed by atoms with E-state index in [4.69, 9.17) is 0 Å². The van der Waals surface area contributed by atoms with Gasteiger partial charge in [0.25, 0.3) is 0 Å². The Morgan fingerprint density at radius 2 is 1.76 bits per heavy atom. The van der Waals surface area contributed by atoms with Crippen molar-refractivity contribution in [1.82, 2.24) is 34.6 Å². The highest BCUT2D eigenvalue weighted by atomic mass is 32.1. The van der Waals surface area contributed by atoms with E-state index >= 15 is 0 Å². The third kappa shape index (κ3) is 5.67. The summed E-state index contributed by atoms with van der Waals surface area (Å²) >= 11 is 0.386. The summed E-state index contributed by atoms with van der Waals surface area (Å²) in [6.07, 6.45) is -7.32. The van der Waals surface area contributed by atoms with Crippen molar-refractivity contribution in [3.63, 3.8) is 0 Å². The van der Waals surface area contributed by atoms with Crippen LogP contribution in [0, 0.1) is 6.92 Å². The molecule has 16 heteroatoms. The van der Waals surface area contributed by atoms with Gasteiger partial charge in [-0.05, 0) is 13.8 Å². The number of nitrogens with zero attached hydrogens (tertiary/aromatic N) is 8. The lowest BCUT2D eigenvalue weighted by Gasteiger charge is -2.40. The number of thiazole rings is 1. The molecule has 1 unspecified atom stereocenters. The lowest BCUT2D eigenvalue weighted by Crippen LogP contribution is -2.54.